The number of ether oxygens (including phenoxy) is 1. The first-order valence-electron chi connectivity index (χ1n) is 11.0. The summed E-state index contributed by atoms with van der Waals surface area (Å²) in [7, 11) is -3.68. The molecule has 0 bridgehead atoms. The number of sulfonamides is 1. The van der Waals surface area contributed by atoms with Crippen LogP contribution in [0.3, 0.4) is 0 Å². The number of morpholine rings is 1. The fraction of sp³-hybridized carbons (Fsp3) is 0.500. The van der Waals surface area contributed by atoms with E-state index in [1.54, 1.807) is 0 Å². The van der Waals surface area contributed by atoms with E-state index in [0.717, 1.165) is 11.4 Å². The standard InChI is InChI=1S/C22H28ClN5O4S/c1-15-13-16(2)25-22(24-15)27-7-5-17(6-8-27)21(29)26-20-14-18(3-4-19(20)23)33(30,31)28-9-11-32-12-10-28/h3-4,13-14,17H,5-12H2,1-2H3,(H,26,29). The van der Waals surface area contributed by atoms with Crippen LogP contribution in [0.4, 0.5) is 11.6 Å². The van der Waals surface area contributed by atoms with Gasteiger partial charge in [0.05, 0.1) is 28.8 Å². The predicted molar refractivity (Wildman–Crippen MR) is 126 cm³/mol. The largest absolute Gasteiger partial charge is 0.379 e. The highest BCUT2D eigenvalue weighted by molar-refractivity contribution is 7.89. The summed E-state index contributed by atoms with van der Waals surface area (Å²) in [4.78, 5) is 24.1. The molecular formula is C22H28ClN5O4S. The van der Waals surface area contributed by atoms with Crippen molar-refractivity contribution >= 4 is 39.2 Å². The Morgan fingerprint density at radius 1 is 1.06 bits per heavy atom. The van der Waals surface area contributed by atoms with Crippen LogP contribution >= 0.6 is 11.6 Å². The Labute approximate surface area is 199 Å². The third-order valence-corrected chi connectivity index (χ3v) is 8.15. The molecule has 0 aliphatic carbocycles. The Kier molecular flexibility index (Phi) is 7.18. The molecule has 33 heavy (non-hydrogen) atoms. The van der Waals surface area contributed by atoms with Gasteiger partial charge in [0.25, 0.3) is 0 Å². The first-order valence-corrected chi connectivity index (χ1v) is 12.8. The van der Waals surface area contributed by atoms with Crippen molar-refractivity contribution in [2.45, 2.75) is 31.6 Å². The number of nitrogens with zero attached hydrogens (tertiary/aromatic N) is 4. The summed E-state index contributed by atoms with van der Waals surface area (Å²) >= 11 is 6.28. The maximum absolute atomic E-state index is 13.0. The van der Waals surface area contributed by atoms with E-state index in [2.05, 4.69) is 20.2 Å². The van der Waals surface area contributed by atoms with Crippen LogP contribution in [0.1, 0.15) is 24.2 Å². The lowest BCUT2D eigenvalue weighted by molar-refractivity contribution is -0.120. The summed E-state index contributed by atoms with van der Waals surface area (Å²) in [6, 6.07) is 6.33. The quantitative estimate of drug-likeness (QED) is 0.682. The molecule has 0 saturated carbocycles. The zero-order valence-corrected chi connectivity index (χ0v) is 20.3. The number of carbonyl (C=O) groups excluding carboxylic acids is 1. The average molecular weight is 494 g/mol. The minimum absolute atomic E-state index is 0.103. The average Bonchev–Trinajstić information content (AvgIpc) is 2.80. The summed E-state index contributed by atoms with van der Waals surface area (Å²) in [6.07, 6.45) is 1.29. The Morgan fingerprint density at radius 2 is 1.70 bits per heavy atom. The second-order valence-electron chi connectivity index (χ2n) is 8.36. The molecule has 2 fully saturated rings. The molecule has 178 valence electrons. The van der Waals surface area contributed by atoms with Gasteiger partial charge in [-0.3, -0.25) is 4.79 Å². The number of amides is 1. The molecule has 1 N–H and O–H groups in total. The Morgan fingerprint density at radius 3 is 2.33 bits per heavy atom. The molecule has 1 aromatic heterocycles. The fourth-order valence-corrected chi connectivity index (χ4v) is 5.72. The topological polar surface area (TPSA) is 105 Å². The number of hydrogen-bond donors (Lipinski definition) is 1. The van der Waals surface area contributed by atoms with Crippen molar-refractivity contribution < 1.29 is 17.9 Å². The minimum atomic E-state index is -3.68. The number of nitrogens with one attached hydrogen (secondary N) is 1. The first-order chi connectivity index (χ1) is 15.7. The van der Waals surface area contributed by atoms with Gasteiger partial charge in [-0.1, -0.05) is 11.6 Å². The summed E-state index contributed by atoms with van der Waals surface area (Å²) < 4.78 is 32.5. The summed E-state index contributed by atoms with van der Waals surface area (Å²) in [6.45, 7) is 6.54. The van der Waals surface area contributed by atoms with Crippen molar-refractivity contribution in [3.63, 3.8) is 0 Å². The lowest BCUT2D eigenvalue weighted by Gasteiger charge is -2.31. The summed E-state index contributed by atoms with van der Waals surface area (Å²) in [5.41, 5.74) is 2.13. The van der Waals surface area contributed by atoms with Crippen molar-refractivity contribution in [2.75, 3.05) is 49.6 Å². The molecule has 0 unspecified atom stereocenters. The van der Waals surface area contributed by atoms with Crippen LogP contribution in [-0.2, 0) is 19.6 Å². The Bertz CT molecular complexity index is 1110. The highest BCUT2D eigenvalue weighted by Crippen LogP contribution is 2.29. The molecule has 3 heterocycles. The Hall–Kier alpha value is -2.27. The SMILES string of the molecule is Cc1cc(C)nc(N2CCC(C(=O)Nc3cc(S(=O)(=O)N4CCOCC4)ccc3Cl)CC2)n1. The number of aryl methyl sites for hydroxylation is 2. The van der Waals surface area contributed by atoms with Crippen molar-refractivity contribution in [2.24, 2.45) is 5.92 Å². The van der Waals surface area contributed by atoms with Gasteiger partial charge in [-0.25, -0.2) is 18.4 Å². The lowest BCUT2D eigenvalue weighted by atomic mass is 9.96. The van der Waals surface area contributed by atoms with Crippen LogP contribution < -0.4 is 10.2 Å². The van der Waals surface area contributed by atoms with Crippen LogP contribution in [0.15, 0.2) is 29.2 Å². The highest BCUT2D eigenvalue weighted by atomic mass is 35.5. The molecule has 4 rings (SSSR count). The van der Waals surface area contributed by atoms with Crippen molar-refractivity contribution in [1.29, 1.82) is 0 Å². The molecule has 0 spiro atoms. The van der Waals surface area contributed by atoms with Gasteiger partial charge >= 0.3 is 0 Å². The number of halogens is 1. The van der Waals surface area contributed by atoms with Gasteiger partial charge < -0.3 is 15.0 Å². The van der Waals surface area contributed by atoms with Gasteiger partial charge in [0, 0.05) is 43.5 Å². The van der Waals surface area contributed by atoms with Crippen LogP contribution in [-0.4, -0.2) is 68.0 Å². The third kappa shape index (κ3) is 5.46. The molecule has 2 aliphatic heterocycles. The molecule has 1 aromatic carbocycles. The second kappa shape index (κ2) is 9.92. The smallest absolute Gasteiger partial charge is 0.243 e. The van der Waals surface area contributed by atoms with Gasteiger partial charge in [0.15, 0.2) is 0 Å². The molecule has 9 nitrogen and oxygen atoms in total. The van der Waals surface area contributed by atoms with E-state index >= 15 is 0 Å². The molecule has 2 saturated heterocycles. The molecule has 2 aromatic rings. The zero-order valence-electron chi connectivity index (χ0n) is 18.8. The van der Waals surface area contributed by atoms with Crippen LogP contribution in [0.5, 0.6) is 0 Å². The van der Waals surface area contributed by atoms with Gasteiger partial charge in [-0.2, -0.15) is 4.31 Å². The van der Waals surface area contributed by atoms with Crippen molar-refractivity contribution in [1.82, 2.24) is 14.3 Å². The maximum atomic E-state index is 13.0. The van der Waals surface area contributed by atoms with E-state index in [9.17, 15) is 13.2 Å². The summed E-state index contributed by atoms with van der Waals surface area (Å²) in [5.74, 6) is 0.317. The number of hydrogen-bond acceptors (Lipinski definition) is 7. The number of benzene rings is 1. The molecule has 0 radical (unpaired) electrons. The highest BCUT2D eigenvalue weighted by Gasteiger charge is 2.29. The van der Waals surface area contributed by atoms with E-state index in [4.69, 9.17) is 16.3 Å². The Balaban J connectivity index is 1.42. The number of anilines is 2. The fourth-order valence-electron chi connectivity index (χ4n) is 4.12. The van der Waals surface area contributed by atoms with E-state index in [1.807, 2.05) is 19.9 Å². The summed E-state index contributed by atoms with van der Waals surface area (Å²) in [5, 5.41) is 3.14. The number of aromatic nitrogens is 2. The molecule has 2 aliphatic rings. The third-order valence-electron chi connectivity index (χ3n) is 5.92. The predicted octanol–water partition coefficient (Wildman–Crippen LogP) is 2.62. The van der Waals surface area contributed by atoms with Crippen LogP contribution in [0.25, 0.3) is 0 Å². The van der Waals surface area contributed by atoms with Gasteiger partial charge in [-0.15, -0.1) is 0 Å². The normalized spacial score (nSPS) is 18.3. The molecular weight excluding hydrogens is 466 g/mol. The van der Waals surface area contributed by atoms with Crippen LogP contribution in [0, 0.1) is 19.8 Å². The van der Waals surface area contributed by atoms with E-state index in [-0.39, 0.29) is 16.7 Å². The molecule has 11 heteroatoms. The molecule has 0 atom stereocenters. The first kappa shape index (κ1) is 23.9. The van der Waals surface area contributed by atoms with Gasteiger partial charge in [0.2, 0.25) is 21.9 Å². The van der Waals surface area contributed by atoms with Gasteiger partial charge in [-0.05, 0) is 51.0 Å². The number of carbonyl (C=O) groups is 1. The van der Waals surface area contributed by atoms with E-state index < -0.39 is 10.0 Å². The second-order valence-corrected chi connectivity index (χ2v) is 10.7. The number of rotatable bonds is 5. The zero-order chi connectivity index (χ0) is 23.6. The van der Waals surface area contributed by atoms with E-state index in [0.29, 0.717) is 68.9 Å². The van der Waals surface area contributed by atoms with Gasteiger partial charge in [0.1, 0.15) is 0 Å². The molecule has 1 amide bonds. The van der Waals surface area contributed by atoms with E-state index in [1.165, 1.54) is 22.5 Å². The minimum Gasteiger partial charge on any atom is -0.379 e. The monoisotopic (exact) mass is 493 g/mol. The van der Waals surface area contributed by atoms with Crippen molar-refractivity contribution in [3.8, 4) is 0 Å². The van der Waals surface area contributed by atoms with Crippen molar-refractivity contribution in [3.05, 3.63) is 40.7 Å². The van der Waals surface area contributed by atoms with Crippen LogP contribution in [0.2, 0.25) is 5.02 Å². The lowest BCUT2D eigenvalue weighted by Crippen LogP contribution is -2.40. The number of piperidine rings is 1. The maximum Gasteiger partial charge on any atom is 0.243 e.